The Morgan fingerprint density at radius 1 is 1.02 bits per heavy atom. The van der Waals surface area contributed by atoms with Crippen LogP contribution in [0.1, 0.15) is 41.2 Å². The Morgan fingerprint density at radius 2 is 1.82 bits per heavy atom. The third kappa shape index (κ3) is 4.68. The summed E-state index contributed by atoms with van der Waals surface area (Å²) in [7, 11) is 0. The van der Waals surface area contributed by atoms with Gasteiger partial charge in [0, 0.05) is 36.4 Å². The number of ether oxygens (including phenoxy) is 1. The van der Waals surface area contributed by atoms with E-state index in [2.05, 4.69) is 21.4 Å². The molecule has 1 atom stereocenters. The lowest BCUT2D eigenvalue weighted by Crippen LogP contribution is -2.35. The summed E-state index contributed by atoms with van der Waals surface area (Å²) in [5, 5.41) is 3.82. The quantitative estimate of drug-likeness (QED) is 0.279. The van der Waals surface area contributed by atoms with Crippen molar-refractivity contribution in [1.82, 2.24) is 14.9 Å². The van der Waals surface area contributed by atoms with Gasteiger partial charge in [-0.2, -0.15) is 0 Å². The summed E-state index contributed by atoms with van der Waals surface area (Å²) < 4.78 is 18.8. The molecule has 0 fully saturated rings. The van der Waals surface area contributed by atoms with Gasteiger partial charge >= 0.3 is 5.97 Å². The normalized spacial score (nSPS) is 17.0. The number of carbonyl (C=O) groups is 3. The van der Waals surface area contributed by atoms with E-state index in [0.29, 0.717) is 24.2 Å². The second-order valence-electron chi connectivity index (χ2n) is 10.3. The first kappa shape index (κ1) is 25.6. The maximum absolute atomic E-state index is 13.8. The number of amides is 2. The fraction of sp³-hybridized carbons (Fsp3) is 0.258. The zero-order valence-electron chi connectivity index (χ0n) is 21.9. The lowest BCUT2D eigenvalue weighted by Gasteiger charge is -2.23. The number of nitrogens with one attached hydrogen (secondary N) is 1. The number of carbonyl (C=O) groups excluding carboxylic acids is 3. The molecule has 2 amide bonds. The topological polar surface area (TPSA) is 101 Å². The fourth-order valence-corrected chi connectivity index (χ4v) is 5.79. The van der Waals surface area contributed by atoms with Crippen LogP contribution in [-0.2, 0) is 50.5 Å². The minimum absolute atomic E-state index is 0.0387. The molecule has 3 heterocycles. The average molecular weight is 539 g/mol. The van der Waals surface area contributed by atoms with E-state index in [0.717, 1.165) is 33.2 Å². The number of fused-ring (bicyclic) bond motifs is 4. The van der Waals surface area contributed by atoms with E-state index in [9.17, 15) is 18.8 Å². The Morgan fingerprint density at radius 3 is 2.62 bits per heavy atom. The lowest BCUT2D eigenvalue weighted by molar-refractivity contribution is -0.149. The van der Waals surface area contributed by atoms with Crippen molar-refractivity contribution in [2.75, 3.05) is 11.9 Å². The highest BCUT2D eigenvalue weighted by Gasteiger charge is 2.51. The van der Waals surface area contributed by atoms with E-state index in [1.54, 1.807) is 31.5 Å². The number of benzene rings is 2. The van der Waals surface area contributed by atoms with Crippen molar-refractivity contribution in [2.45, 2.75) is 44.7 Å². The summed E-state index contributed by atoms with van der Waals surface area (Å²) >= 11 is 0. The van der Waals surface area contributed by atoms with E-state index in [4.69, 9.17) is 4.74 Å². The van der Waals surface area contributed by atoms with Crippen LogP contribution in [0.15, 0.2) is 67.0 Å². The van der Waals surface area contributed by atoms with Crippen molar-refractivity contribution in [2.24, 2.45) is 0 Å². The smallest absolute Gasteiger partial charge is 0.315 e. The molecule has 0 saturated carbocycles. The molecule has 0 saturated heterocycles. The second-order valence-corrected chi connectivity index (χ2v) is 10.3. The SMILES string of the molecule is CCOC(=O)CC(=O)N(Cc1cccc(F)c1)Cc1cnc2cc3c(cc2c1)C[C@@]1(C3)C(=O)Nc2ncccc21. The first-order chi connectivity index (χ1) is 19.3. The van der Waals surface area contributed by atoms with Gasteiger partial charge in [-0.1, -0.05) is 18.2 Å². The summed E-state index contributed by atoms with van der Waals surface area (Å²) in [5.74, 6) is -0.841. The first-order valence-corrected chi connectivity index (χ1v) is 13.2. The Bertz CT molecular complexity index is 1670. The molecular formula is C31H27FN4O4. The third-order valence-electron chi connectivity index (χ3n) is 7.62. The zero-order valence-corrected chi connectivity index (χ0v) is 21.9. The molecule has 1 N–H and O–H groups in total. The largest absolute Gasteiger partial charge is 0.466 e. The van der Waals surface area contributed by atoms with Crippen LogP contribution in [0.5, 0.6) is 0 Å². The molecule has 6 rings (SSSR count). The Labute approximate surface area is 230 Å². The number of hydrogen-bond acceptors (Lipinski definition) is 6. The Balaban J connectivity index is 1.28. The molecule has 0 unspecified atom stereocenters. The zero-order chi connectivity index (χ0) is 27.9. The number of pyridine rings is 2. The highest BCUT2D eigenvalue weighted by molar-refractivity contribution is 6.06. The summed E-state index contributed by atoms with van der Waals surface area (Å²) in [6.07, 6.45) is 4.12. The minimum atomic E-state index is -0.673. The molecular weight excluding hydrogens is 511 g/mol. The van der Waals surface area contributed by atoms with Crippen LogP contribution in [0.4, 0.5) is 10.2 Å². The number of hydrogen-bond donors (Lipinski definition) is 1. The molecule has 0 radical (unpaired) electrons. The molecule has 9 heteroatoms. The fourth-order valence-electron chi connectivity index (χ4n) is 5.79. The molecule has 202 valence electrons. The molecule has 1 aliphatic carbocycles. The predicted molar refractivity (Wildman–Crippen MR) is 146 cm³/mol. The summed E-state index contributed by atoms with van der Waals surface area (Å²) in [5.41, 5.74) is 4.57. The van der Waals surface area contributed by atoms with Crippen LogP contribution < -0.4 is 5.32 Å². The molecule has 8 nitrogen and oxygen atoms in total. The van der Waals surface area contributed by atoms with Gasteiger partial charge in [-0.25, -0.2) is 9.37 Å². The van der Waals surface area contributed by atoms with Crippen LogP contribution >= 0.6 is 0 Å². The molecule has 2 aromatic carbocycles. The van der Waals surface area contributed by atoms with Gasteiger partial charge in [0.05, 0.1) is 17.5 Å². The average Bonchev–Trinajstić information content (AvgIpc) is 3.43. The molecule has 4 aromatic rings. The van der Waals surface area contributed by atoms with Crippen LogP contribution in [0.25, 0.3) is 10.9 Å². The van der Waals surface area contributed by atoms with Crippen molar-refractivity contribution in [3.8, 4) is 0 Å². The number of rotatable bonds is 7. The Kier molecular flexibility index (Phi) is 6.50. The van der Waals surface area contributed by atoms with E-state index in [1.165, 1.54) is 17.0 Å². The van der Waals surface area contributed by atoms with Crippen molar-refractivity contribution in [3.05, 3.63) is 101 Å². The van der Waals surface area contributed by atoms with Crippen molar-refractivity contribution < 1.29 is 23.5 Å². The van der Waals surface area contributed by atoms with E-state index < -0.39 is 29.5 Å². The van der Waals surface area contributed by atoms with Crippen LogP contribution in [0.2, 0.25) is 0 Å². The highest BCUT2D eigenvalue weighted by Crippen LogP contribution is 2.47. The van der Waals surface area contributed by atoms with Gasteiger partial charge < -0.3 is 15.0 Å². The van der Waals surface area contributed by atoms with Crippen LogP contribution in [0, 0.1) is 5.82 Å². The third-order valence-corrected chi connectivity index (χ3v) is 7.62. The minimum Gasteiger partial charge on any atom is -0.466 e. The van der Waals surface area contributed by atoms with Gasteiger partial charge in [0.25, 0.3) is 0 Å². The number of aromatic nitrogens is 2. The molecule has 1 spiro atoms. The van der Waals surface area contributed by atoms with Gasteiger partial charge in [-0.3, -0.25) is 19.4 Å². The van der Waals surface area contributed by atoms with Crippen molar-refractivity contribution >= 4 is 34.5 Å². The van der Waals surface area contributed by atoms with Crippen molar-refractivity contribution in [3.63, 3.8) is 0 Å². The molecule has 1 aliphatic heterocycles. The summed E-state index contributed by atoms with van der Waals surface area (Å²) in [4.78, 5) is 48.7. The standard InChI is InChI=1S/C31H27FN4O4/c1-2-40-28(38)13-27(37)36(17-19-5-3-6-24(32)10-19)18-20-9-21-11-22-14-31(15-23(22)12-26(21)34-16-20)25-7-4-8-33-29(25)35-30(31)39/h3-12,16H,2,13-15,17-18H2,1H3,(H,33,35,39)/t31-/m0/s1. The highest BCUT2D eigenvalue weighted by atomic mass is 19.1. The maximum Gasteiger partial charge on any atom is 0.315 e. The molecule has 0 bridgehead atoms. The van der Waals surface area contributed by atoms with Crippen molar-refractivity contribution in [1.29, 1.82) is 0 Å². The van der Waals surface area contributed by atoms with Crippen LogP contribution in [0.3, 0.4) is 0 Å². The first-order valence-electron chi connectivity index (χ1n) is 13.2. The van der Waals surface area contributed by atoms with Gasteiger partial charge in [0.1, 0.15) is 18.1 Å². The van der Waals surface area contributed by atoms with Gasteiger partial charge in [-0.15, -0.1) is 0 Å². The van der Waals surface area contributed by atoms with E-state index in [1.807, 2.05) is 24.3 Å². The number of esters is 1. The van der Waals surface area contributed by atoms with Gasteiger partial charge in [0.2, 0.25) is 11.8 Å². The summed E-state index contributed by atoms with van der Waals surface area (Å²) in [6, 6.07) is 15.9. The van der Waals surface area contributed by atoms with Gasteiger partial charge in [-0.05, 0) is 78.4 Å². The van der Waals surface area contributed by atoms with Gasteiger partial charge in [0.15, 0.2) is 0 Å². The lowest BCUT2D eigenvalue weighted by atomic mass is 9.79. The number of halogens is 1. The summed E-state index contributed by atoms with van der Waals surface area (Å²) in [6.45, 7) is 2.17. The van der Waals surface area contributed by atoms with E-state index in [-0.39, 0.29) is 25.6 Å². The van der Waals surface area contributed by atoms with E-state index >= 15 is 0 Å². The maximum atomic E-state index is 13.8. The number of anilines is 1. The van der Waals surface area contributed by atoms with Crippen LogP contribution in [-0.4, -0.2) is 39.3 Å². The number of nitrogens with zero attached hydrogens (tertiary/aromatic N) is 3. The monoisotopic (exact) mass is 538 g/mol. The second kappa shape index (κ2) is 10.1. The predicted octanol–water partition coefficient (Wildman–Crippen LogP) is 4.24. The molecule has 40 heavy (non-hydrogen) atoms. The Hall–Kier alpha value is -4.66. The molecule has 2 aromatic heterocycles. The molecule has 2 aliphatic rings.